The number of aliphatic hydroxyl groups is 1. The molecule has 0 spiro atoms. The van der Waals surface area contributed by atoms with Crippen LogP contribution in [0.5, 0.6) is 0 Å². The van der Waals surface area contributed by atoms with Gasteiger partial charge in [0.1, 0.15) is 0 Å². The maximum atomic E-state index is 12.0. The lowest BCUT2D eigenvalue weighted by Crippen LogP contribution is -2.36. The predicted octanol–water partition coefficient (Wildman–Crippen LogP) is 3.58. The smallest absolute Gasteiger partial charge is 0.313 e. The van der Waals surface area contributed by atoms with Crippen molar-refractivity contribution in [1.29, 1.82) is 0 Å². The number of amides is 2. The number of carbonyl (C=O) groups excluding carboxylic acids is 2. The molecule has 28 heavy (non-hydrogen) atoms. The SMILES string of the molecule is CCc1ccc(NC(=O)C(=O)NCCC(O)c2cccc3ccccc23)cc1. The van der Waals surface area contributed by atoms with E-state index >= 15 is 0 Å². The minimum absolute atomic E-state index is 0.200. The third kappa shape index (κ3) is 4.75. The lowest BCUT2D eigenvalue weighted by Gasteiger charge is -2.14. The monoisotopic (exact) mass is 376 g/mol. The molecular formula is C23H24N2O3. The summed E-state index contributed by atoms with van der Waals surface area (Å²) in [5.74, 6) is -1.44. The molecule has 0 saturated heterocycles. The summed E-state index contributed by atoms with van der Waals surface area (Å²) in [5, 5.41) is 17.7. The van der Waals surface area contributed by atoms with Crippen LogP contribution in [0, 0.1) is 0 Å². The van der Waals surface area contributed by atoms with Crippen molar-refractivity contribution < 1.29 is 14.7 Å². The molecule has 144 valence electrons. The summed E-state index contributed by atoms with van der Waals surface area (Å²) in [6.07, 6.45) is 0.502. The van der Waals surface area contributed by atoms with E-state index in [4.69, 9.17) is 0 Å². The third-order valence-electron chi connectivity index (χ3n) is 4.71. The first-order valence-electron chi connectivity index (χ1n) is 9.42. The number of fused-ring (bicyclic) bond motifs is 1. The summed E-state index contributed by atoms with van der Waals surface area (Å²) in [4.78, 5) is 24.0. The molecular weight excluding hydrogens is 352 g/mol. The van der Waals surface area contributed by atoms with Gasteiger partial charge < -0.3 is 15.7 Å². The topological polar surface area (TPSA) is 78.4 Å². The first-order chi connectivity index (χ1) is 13.6. The van der Waals surface area contributed by atoms with E-state index in [0.717, 1.165) is 28.3 Å². The van der Waals surface area contributed by atoms with Crippen molar-refractivity contribution in [3.05, 3.63) is 77.9 Å². The highest BCUT2D eigenvalue weighted by molar-refractivity contribution is 6.39. The van der Waals surface area contributed by atoms with Crippen molar-refractivity contribution >= 4 is 28.3 Å². The Kier molecular flexibility index (Phi) is 6.40. The van der Waals surface area contributed by atoms with Crippen LogP contribution in [0.15, 0.2) is 66.7 Å². The van der Waals surface area contributed by atoms with Gasteiger partial charge in [-0.05, 0) is 46.9 Å². The van der Waals surface area contributed by atoms with E-state index < -0.39 is 17.9 Å². The molecule has 0 aromatic heterocycles. The van der Waals surface area contributed by atoms with Crippen LogP contribution in [0.1, 0.15) is 30.6 Å². The Bertz CT molecular complexity index is 962. The van der Waals surface area contributed by atoms with Gasteiger partial charge in [0, 0.05) is 12.2 Å². The number of benzene rings is 3. The van der Waals surface area contributed by atoms with Crippen molar-refractivity contribution in [1.82, 2.24) is 5.32 Å². The minimum Gasteiger partial charge on any atom is -0.388 e. The number of anilines is 1. The summed E-state index contributed by atoms with van der Waals surface area (Å²) in [5.41, 5.74) is 2.55. The Morgan fingerprint density at radius 3 is 2.39 bits per heavy atom. The molecule has 5 nitrogen and oxygen atoms in total. The molecule has 0 aliphatic rings. The summed E-state index contributed by atoms with van der Waals surface area (Å²) in [6, 6.07) is 21.0. The molecule has 3 aromatic carbocycles. The fourth-order valence-electron chi connectivity index (χ4n) is 3.11. The number of nitrogens with one attached hydrogen (secondary N) is 2. The van der Waals surface area contributed by atoms with Crippen LogP contribution in [0.3, 0.4) is 0 Å². The van der Waals surface area contributed by atoms with E-state index in [1.165, 1.54) is 0 Å². The van der Waals surface area contributed by atoms with Crippen LogP contribution in [0.2, 0.25) is 0 Å². The van der Waals surface area contributed by atoms with E-state index in [1.54, 1.807) is 12.1 Å². The second-order valence-electron chi connectivity index (χ2n) is 6.63. The maximum Gasteiger partial charge on any atom is 0.313 e. The van der Waals surface area contributed by atoms with Gasteiger partial charge in [0.25, 0.3) is 0 Å². The fraction of sp³-hybridized carbons (Fsp3) is 0.217. The van der Waals surface area contributed by atoms with E-state index in [0.29, 0.717) is 12.1 Å². The fourth-order valence-corrected chi connectivity index (χ4v) is 3.11. The van der Waals surface area contributed by atoms with Crippen molar-refractivity contribution in [3.63, 3.8) is 0 Å². The van der Waals surface area contributed by atoms with Gasteiger partial charge in [0.05, 0.1) is 6.10 Å². The molecule has 3 rings (SSSR count). The second-order valence-corrected chi connectivity index (χ2v) is 6.63. The average Bonchev–Trinajstić information content (AvgIpc) is 2.73. The quantitative estimate of drug-likeness (QED) is 0.576. The average molecular weight is 376 g/mol. The van der Waals surface area contributed by atoms with Crippen LogP contribution in [-0.2, 0) is 16.0 Å². The molecule has 0 bridgehead atoms. The number of aryl methyl sites for hydroxylation is 1. The Morgan fingerprint density at radius 1 is 0.929 bits per heavy atom. The Balaban J connectivity index is 1.52. The van der Waals surface area contributed by atoms with Crippen LogP contribution >= 0.6 is 0 Å². The van der Waals surface area contributed by atoms with Crippen molar-refractivity contribution in [2.45, 2.75) is 25.9 Å². The molecule has 0 heterocycles. The van der Waals surface area contributed by atoms with Crippen molar-refractivity contribution in [2.24, 2.45) is 0 Å². The van der Waals surface area contributed by atoms with Gasteiger partial charge in [-0.3, -0.25) is 9.59 Å². The minimum atomic E-state index is -0.726. The Morgan fingerprint density at radius 2 is 1.64 bits per heavy atom. The molecule has 0 saturated carbocycles. The summed E-state index contributed by atoms with van der Waals surface area (Å²) >= 11 is 0. The summed E-state index contributed by atoms with van der Waals surface area (Å²) in [7, 11) is 0. The Labute approximate surface area is 164 Å². The van der Waals surface area contributed by atoms with Crippen molar-refractivity contribution in [3.8, 4) is 0 Å². The van der Waals surface area contributed by atoms with Gasteiger partial charge in [-0.2, -0.15) is 0 Å². The largest absolute Gasteiger partial charge is 0.388 e. The van der Waals surface area contributed by atoms with Crippen LogP contribution < -0.4 is 10.6 Å². The van der Waals surface area contributed by atoms with Crippen LogP contribution in [0.4, 0.5) is 5.69 Å². The molecule has 1 unspecified atom stereocenters. The number of rotatable bonds is 6. The molecule has 2 amide bonds. The van der Waals surface area contributed by atoms with Gasteiger partial charge in [-0.1, -0.05) is 61.5 Å². The predicted molar refractivity (Wildman–Crippen MR) is 111 cm³/mol. The highest BCUT2D eigenvalue weighted by atomic mass is 16.3. The maximum absolute atomic E-state index is 12.0. The van der Waals surface area contributed by atoms with Crippen molar-refractivity contribution in [2.75, 3.05) is 11.9 Å². The number of hydrogen-bond acceptors (Lipinski definition) is 3. The molecule has 3 aromatic rings. The summed E-state index contributed by atoms with van der Waals surface area (Å²) < 4.78 is 0. The molecule has 0 aliphatic carbocycles. The van der Waals surface area contributed by atoms with E-state index in [9.17, 15) is 14.7 Å². The molecule has 5 heteroatoms. The van der Waals surface area contributed by atoms with Crippen LogP contribution in [-0.4, -0.2) is 23.5 Å². The second kappa shape index (κ2) is 9.15. The highest BCUT2D eigenvalue weighted by Gasteiger charge is 2.15. The first-order valence-corrected chi connectivity index (χ1v) is 9.42. The van der Waals surface area contributed by atoms with E-state index in [-0.39, 0.29) is 6.54 Å². The standard InChI is InChI=1S/C23H24N2O3/c1-2-16-10-12-18(13-11-16)25-23(28)22(27)24-15-14-21(26)20-9-5-7-17-6-3-4-8-19(17)20/h3-13,21,26H,2,14-15H2,1H3,(H,24,27)(H,25,28). The highest BCUT2D eigenvalue weighted by Crippen LogP contribution is 2.25. The molecule has 1 atom stereocenters. The lowest BCUT2D eigenvalue weighted by molar-refractivity contribution is -0.136. The molecule has 0 fully saturated rings. The van der Waals surface area contributed by atoms with Gasteiger partial charge in [0.2, 0.25) is 0 Å². The zero-order valence-electron chi connectivity index (χ0n) is 15.8. The van der Waals surface area contributed by atoms with Gasteiger partial charge in [0.15, 0.2) is 0 Å². The zero-order chi connectivity index (χ0) is 19.9. The van der Waals surface area contributed by atoms with E-state index in [2.05, 4.69) is 10.6 Å². The number of aliphatic hydroxyl groups excluding tert-OH is 1. The molecule has 3 N–H and O–H groups in total. The Hall–Kier alpha value is -3.18. The molecule has 0 radical (unpaired) electrons. The normalized spacial score (nSPS) is 11.8. The van der Waals surface area contributed by atoms with Gasteiger partial charge in [-0.25, -0.2) is 0 Å². The third-order valence-corrected chi connectivity index (χ3v) is 4.71. The molecule has 0 aliphatic heterocycles. The van der Waals surface area contributed by atoms with Gasteiger partial charge >= 0.3 is 11.8 Å². The zero-order valence-corrected chi connectivity index (χ0v) is 15.8. The summed E-state index contributed by atoms with van der Waals surface area (Å²) in [6.45, 7) is 2.25. The van der Waals surface area contributed by atoms with Gasteiger partial charge in [-0.15, -0.1) is 0 Å². The first kappa shape index (κ1) is 19.6. The number of carbonyl (C=O) groups is 2. The van der Waals surface area contributed by atoms with Crippen LogP contribution in [0.25, 0.3) is 10.8 Å². The van der Waals surface area contributed by atoms with E-state index in [1.807, 2.05) is 61.5 Å². The lowest BCUT2D eigenvalue weighted by atomic mass is 9.99. The number of hydrogen-bond donors (Lipinski definition) is 3.